The topological polar surface area (TPSA) is 37.3 Å². The molecule has 0 unspecified atom stereocenters. The SMILES string of the molecule is CCCCCC(=O)O.[Ba+2].[H-].[H-]. The van der Waals surface area contributed by atoms with Gasteiger partial charge in [-0.15, -0.1) is 0 Å². The van der Waals surface area contributed by atoms with Gasteiger partial charge in [-0.3, -0.25) is 4.79 Å². The Balaban J connectivity index is -0.0000000817. The van der Waals surface area contributed by atoms with Crippen LogP contribution >= 0.6 is 0 Å². The molecule has 0 aliphatic rings. The molecule has 0 aliphatic carbocycles. The molecule has 0 aromatic rings. The number of hydrogen-bond donors (Lipinski definition) is 1. The largest absolute Gasteiger partial charge is 2.00 e. The molecule has 0 aromatic carbocycles. The standard InChI is InChI=1S/C6H12O2.Ba.2H/c1-2-3-4-5-6(7)8;;;/h2-5H2,1H3,(H,7,8);;;/q;+2;2*-1. The van der Waals surface area contributed by atoms with E-state index in [0.29, 0.717) is 6.42 Å². The van der Waals surface area contributed by atoms with Crippen LogP contribution < -0.4 is 0 Å². The Morgan fingerprint density at radius 1 is 1.56 bits per heavy atom. The number of carboxylic acid groups (broad SMARTS) is 1. The first-order chi connectivity index (χ1) is 3.77. The maximum atomic E-state index is 9.87. The zero-order chi connectivity index (χ0) is 6.41. The Morgan fingerprint density at radius 2 is 2.11 bits per heavy atom. The smallest absolute Gasteiger partial charge is 1.00 e. The Morgan fingerprint density at radius 3 is 2.44 bits per heavy atom. The predicted molar refractivity (Wildman–Crippen MR) is 39.8 cm³/mol. The molecule has 0 saturated heterocycles. The molecule has 9 heavy (non-hydrogen) atoms. The monoisotopic (exact) mass is 256 g/mol. The third-order valence-electron chi connectivity index (χ3n) is 0.994. The summed E-state index contributed by atoms with van der Waals surface area (Å²) in [6, 6.07) is 0. The Hall–Kier alpha value is 1.04. The number of aliphatic carboxylic acids is 1. The first-order valence-electron chi connectivity index (χ1n) is 2.99. The van der Waals surface area contributed by atoms with Crippen molar-refractivity contribution in [3.8, 4) is 0 Å². The average molecular weight is 256 g/mol. The van der Waals surface area contributed by atoms with Crippen LogP contribution in [-0.4, -0.2) is 60.0 Å². The zero-order valence-corrected chi connectivity index (χ0v) is 10.3. The minimum Gasteiger partial charge on any atom is -1.00 e. The summed E-state index contributed by atoms with van der Waals surface area (Å²) in [7, 11) is 0. The van der Waals surface area contributed by atoms with Gasteiger partial charge in [-0.25, -0.2) is 0 Å². The summed E-state index contributed by atoms with van der Waals surface area (Å²) in [5.41, 5.74) is 0. The minimum absolute atomic E-state index is 0. The summed E-state index contributed by atoms with van der Waals surface area (Å²) in [5, 5.41) is 8.14. The third kappa shape index (κ3) is 12.3. The molecule has 0 rings (SSSR count). The molecule has 0 fully saturated rings. The fourth-order valence-corrected chi connectivity index (χ4v) is 0.526. The number of unbranched alkanes of at least 4 members (excludes halogenated alkanes) is 2. The molecule has 0 aromatic heterocycles. The molecular weight excluding hydrogens is 241 g/mol. The number of carbonyl (C=O) groups is 1. The molecule has 1 N–H and O–H groups in total. The summed E-state index contributed by atoms with van der Waals surface area (Å²) < 4.78 is 0. The maximum Gasteiger partial charge on any atom is 2.00 e. The second kappa shape index (κ2) is 9.04. The first kappa shape index (κ1) is 12.7. The van der Waals surface area contributed by atoms with Gasteiger partial charge in [0.25, 0.3) is 0 Å². The quantitative estimate of drug-likeness (QED) is 0.610. The normalized spacial score (nSPS) is 8.11. The molecule has 0 amide bonds. The van der Waals surface area contributed by atoms with Crippen LogP contribution in [-0.2, 0) is 4.79 Å². The summed E-state index contributed by atoms with van der Waals surface area (Å²) in [5.74, 6) is -0.682. The second-order valence-corrected chi connectivity index (χ2v) is 1.85. The molecule has 3 heteroatoms. The van der Waals surface area contributed by atoms with Gasteiger partial charge in [0, 0.05) is 6.42 Å². The molecule has 0 spiro atoms. The molecule has 0 saturated carbocycles. The van der Waals surface area contributed by atoms with Crippen molar-refractivity contribution < 1.29 is 12.8 Å². The number of carboxylic acids is 1. The van der Waals surface area contributed by atoms with Crippen LogP contribution in [0.15, 0.2) is 0 Å². The van der Waals surface area contributed by atoms with Gasteiger partial charge in [0.2, 0.25) is 0 Å². The van der Waals surface area contributed by atoms with Crippen LogP contribution in [0.5, 0.6) is 0 Å². The van der Waals surface area contributed by atoms with Crippen molar-refractivity contribution in [1.29, 1.82) is 0 Å². The van der Waals surface area contributed by atoms with Gasteiger partial charge >= 0.3 is 54.9 Å². The fourth-order valence-electron chi connectivity index (χ4n) is 0.526. The Kier molecular flexibility index (Phi) is 12.8. The van der Waals surface area contributed by atoms with Crippen LogP contribution in [0.25, 0.3) is 0 Å². The van der Waals surface area contributed by atoms with Crippen molar-refractivity contribution in [2.24, 2.45) is 0 Å². The van der Waals surface area contributed by atoms with E-state index < -0.39 is 5.97 Å². The van der Waals surface area contributed by atoms with E-state index in [1.165, 1.54) is 0 Å². The third-order valence-corrected chi connectivity index (χ3v) is 0.994. The molecule has 0 bridgehead atoms. The van der Waals surface area contributed by atoms with Gasteiger partial charge in [-0.05, 0) is 6.42 Å². The zero-order valence-electron chi connectivity index (χ0n) is 7.89. The van der Waals surface area contributed by atoms with E-state index in [1.54, 1.807) is 0 Å². The molecule has 0 radical (unpaired) electrons. The van der Waals surface area contributed by atoms with Crippen molar-refractivity contribution in [1.82, 2.24) is 0 Å². The van der Waals surface area contributed by atoms with Gasteiger partial charge in [0.05, 0.1) is 0 Å². The van der Waals surface area contributed by atoms with E-state index in [1.807, 2.05) is 0 Å². The van der Waals surface area contributed by atoms with Gasteiger partial charge in [-0.2, -0.15) is 0 Å². The van der Waals surface area contributed by atoms with Gasteiger partial charge in [0.15, 0.2) is 0 Å². The van der Waals surface area contributed by atoms with Crippen molar-refractivity contribution in [2.45, 2.75) is 32.6 Å². The van der Waals surface area contributed by atoms with Gasteiger partial charge in [-0.1, -0.05) is 19.8 Å². The molecule has 0 heterocycles. The summed E-state index contributed by atoms with van der Waals surface area (Å²) >= 11 is 0. The number of rotatable bonds is 4. The van der Waals surface area contributed by atoms with Crippen LogP contribution in [0.4, 0.5) is 0 Å². The maximum absolute atomic E-state index is 9.87. The van der Waals surface area contributed by atoms with E-state index in [-0.39, 0.29) is 51.7 Å². The predicted octanol–water partition coefficient (Wildman–Crippen LogP) is 1.50. The van der Waals surface area contributed by atoms with E-state index in [0.717, 1.165) is 19.3 Å². The van der Waals surface area contributed by atoms with E-state index in [9.17, 15) is 4.79 Å². The first-order valence-corrected chi connectivity index (χ1v) is 2.99. The molecule has 52 valence electrons. The molecule has 2 nitrogen and oxygen atoms in total. The van der Waals surface area contributed by atoms with E-state index in [4.69, 9.17) is 5.11 Å². The van der Waals surface area contributed by atoms with Crippen molar-refractivity contribution in [3.05, 3.63) is 0 Å². The number of hydrogen-bond acceptors (Lipinski definition) is 1. The summed E-state index contributed by atoms with van der Waals surface area (Å²) in [6.07, 6.45) is 3.28. The summed E-state index contributed by atoms with van der Waals surface area (Å²) in [6.45, 7) is 2.06. The fraction of sp³-hybridized carbons (Fsp3) is 0.833. The van der Waals surface area contributed by atoms with E-state index in [2.05, 4.69) is 6.92 Å². The van der Waals surface area contributed by atoms with Crippen LogP contribution in [0.1, 0.15) is 35.5 Å². The summed E-state index contributed by atoms with van der Waals surface area (Å²) in [4.78, 5) is 9.87. The molecule has 0 aliphatic heterocycles. The second-order valence-electron chi connectivity index (χ2n) is 1.85. The van der Waals surface area contributed by atoms with Crippen molar-refractivity contribution in [3.63, 3.8) is 0 Å². The van der Waals surface area contributed by atoms with Gasteiger partial charge in [0.1, 0.15) is 0 Å². The van der Waals surface area contributed by atoms with Gasteiger partial charge < -0.3 is 7.96 Å². The van der Waals surface area contributed by atoms with Crippen LogP contribution in [0, 0.1) is 0 Å². The van der Waals surface area contributed by atoms with Crippen molar-refractivity contribution >= 4 is 54.9 Å². The Labute approximate surface area is 99.1 Å². The minimum atomic E-state index is -0.682. The molecular formula is C6H14BaO2. The Bertz CT molecular complexity index is 81.0. The molecule has 0 atom stereocenters. The average Bonchev–Trinajstić information content (AvgIpc) is 1.66. The van der Waals surface area contributed by atoms with Crippen molar-refractivity contribution in [2.75, 3.05) is 0 Å². The van der Waals surface area contributed by atoms with Crippen LogP contribution in [0.2, 0.25) is 0 Å². The van der Waals surface area contributed by atoms with Crippen LogP contribution in [0.3, 0.4) is 0 Å². The van der Waals surface area contributed by atoms with E-state index >= 15 is 0 Å².